The van der Waals surface area contributed by atoms with Crippen LogP contribution in [0.4, 0.5) is 0 Å². The Morgan fingerprint density at radius 3 is 2.44 bits per heavy atom. The third-order valence-corrected chi connectivity index (χ3v) is 2.11. The molecule has 9 heavy (non-hydrogen) atoms. The van der Waals surface area contributed by atoms with Crippen LogP contribution in [0.5, 0.6) is 0 Å². The lowest BCUT2D eigenvalue weighted by Crippen LogP contribution is -2.32. The third kappa shape index (κ3) is 1.52. The summed E-state index contributed by atoms with van der Waals surface area (Å²) in [6.07, 6.45) is 2.18. The zero-order chi connectivity index (χ0) is 6.85. The summed E-state index contributed by atoms with van der Waals surface area (Å²) in [5.74, 6) is 0. The van der Waals surface area contributed by atoms with E-state index in [1.54, 1.807) is 11.3 Å². The van der Waals surface area contributed by atoms with Gasteiger partial charge in [-0.2, -0.15) is 4.57 Å². The summed E-state index contributed by atoms with van der Waals surface area (Å²) in [7, 11) is 0. The molecule has 0 atom stereocenters. The molecule has 0 amide bonds. The number of aromatic nitrogens is 1. The first-order valence-electron chi connectivity index (χ1n) is 3.16. The molecule has 50 valence electrons. The van der Waals surface area contributed by atoms with Crippen LogP contribution in [0, 0.1) is 6.92 Å². The van der Waals surface area contributed by atoms with Gasteiger partial charge in [0.05, 0.1) is 4.88 Å². The molecular weight excluding hydrogens is 130 g/mol. The molecule has 0 spiro atoms. The Balaban J connectivity index is 2.85. The maximum atomic E-state index is 2.22. The largest absolute Gasteiger partial charge is 0.225 e. The first-order chi connectivity index (χ1) is 4.20. The summed E-state index contributed by atoms with van der Waals surface area (Å²) in [5.41, 5.74) is 2.15. The zero-order valence-electron chi connectivity index (χ0n) is 6.09. The van der Waals surface area contributed by atoms with Gasteiger partial charge in [-0.1, -0.05) is 11.3 Å². The quantitative estimate of drug-likeness (QED) is 0.527. The van der Waals surface area contributed by atoms with E-state index in [4.69, 9.17) is 0 Å². The summed E-state index contributed by atoms with van der Waals surface area (Å²) in [6.45, 7) is 6.50. The molecule has 0 saturated carbocycles. The van der Waals surface area contributed by atoms with E-state index in [0.717, 1.165) is 0 Å². The van der Waals surface area contributed by atoms with E-state index in [0.29, 0.717) is 6.04 Å². The Morgan fingerprint density at radius 2 is 2.22 bits per heavy atom. The van der Waals surface area contributed by atoms with Gasteiger partial charge in [-0.3, -0.25) is 0 Å². The van der Waals surface area contributed by atoms with E-state index >= 15 is 0 Å². The maximum absolute atomic E-state index is 2.22. The van der Waals surface area contributed by atoms with Crippen molar-refractivity contribution in [2.24, 2.45) is 0 Å². The predicted molar refractivity (Wildman–Crippen MR) is 39.6 cm³/mol. The molecule has 0 saturated heterocycles. The van der Waals surface area contributed by atoms with Crippen LogP contribution in [0.1, 0.15) is 24.8 Å². The van der Waals surface area contributed by atoms with Crippen LogP contribution >= 0.6 is 11.3 Å². The van der Waals surface area contributed by atoms with Gasteiger partial charge in [0.15, 0.2) is 12.2 Å². The second kappa shape index (κ2) is 2.48. The van der Waals surface area contributed by atoms with Crippen molar-refractivity contribution in [3.05, 3.63) is 16.6 Å². The van der Waals surface area contributed by atoms with Gasteiger partial charge in [0.25, 0.3) is 0 Å². The topological polar surface area (TPSA) is 3.88 Å². The summed E-state index contributed by atoms with van der Waals surface area (Å²) in [6, 6.07) is 0.606. The zero-order valence-corrected chi connectivity index (χ0v) is 6.90. The number of hydrogen-bond acceptors (Lipinski definition) is 1. The molecule has 1 aromatic heterocycles. The first kappa shape index (κ1) is 6.75. The molecule has 0 aliphatic heterocycles. The van der Waals surface area contributed by atoms with E-state index in [1.807, 2.05) is 0 Å². The van der Waals surface area contributed by atoms with Crippen LogP contribution in [-0.4, -0.2) is 0 Å². The highest BCUT2D eigenvalue weighted by Gasteiger charge is 2.06. The lowest BCUT2D eigenvalue weighted by Gasteiger charge is -1.91. The van der Waals surface area contributed by atoms with Gasteiger partial charge < -0.3 is 0 Å². The number of hydrogen-bond donors (Lipinski definition) is 0. The number of nitrogens with zero attached hydrogens (tertiary/aromatic N) is 1. The summed E-state index contributed by atoms with van der Waals surface area (Å²) in [4.78, 5) is 1.38. The smallest absolute Gasteiger partial charge is 0.193 e. The van der Waals surface area contributed by atoms with Gasteiger partial charge in [-0.15, -0.1) is 0 Å². The van der Waals surface area contributed by atoms with Gasteiger partial charge in [0, 0.05) is 0 Å². The molecule has 0 unspecified atom stereocenters. The van der Waals surface area contributed by atoms with E-state index in [9.17, 15) is 0 Å². The van der Waals surface area contributed by atoms with E-state index < -0.39 is 0 Å². The number of thiazole rings is 1. The fourth-order valence-corrected chi connectivity index (χ4v) is 1.46. The SMILES string of the molecule is Cc1c[n+](C(C)C)cs1. The average molecular weight is 142 g/mol. The second-order valence-electron chi connectivity index (χ2n) is 2.50. The molecular formula is C7H12NS+. The molecule has 0 fully saturated rings. The molecule has 0 aliphatic rings. The van der Waals surface area contributed by atoms with Crippen LogP contribution < -0.4 is 4.57 Å². The molecule has 0 N–H and O–H groups in total. The Bertz CT molecular complexity index is 191. The highest BCUT2D eigenvalue weighted by molar-refractivity contribution is 7.09. The van der Waals surface area contributed by atoms with Crippen LogP contribution in [0.2, 0.25) is 0 Å². The van der Waals surface area contributed by atoms with Gasteiger partial charge in [0.2, 0.25) is 5.51 Å². The van der Waals surface area contributed by atoms with Crippen molar-refractivity contribution in [2.45, 2.75) is 26.8 Å². The van der Waals surface area contributed by atoms with Gasteiger partial charge in [0.1, 0.15) is 0 Å². The fraction of sp³-hybridized carbons (Fsp3) is 0.571. The average Bonchev–Trinajstić information content (AvgIpc) is 2.14. The summed E-state index contributed by atoms with van der Waals surface area (Å²) < 4.78 is 2.22. The van der Waals surface area contributed by atoms with Crippen LogP contribution in [0.15, 0.2) is 11.7 Å². The molecule has 1 rings (SSSR count). The Kier molecular flexibility index (Phi) is 1.86. The molecule has 0 radical (unpaired) electrons. The predicted octanol–water partition coefficient (Wildman–Crippen LogP) is 1.92. The normalized spacial score (nSPS) is 10.7. The molecule has 0 aliphatic carbocycles. The molecule has 1 heterocycles. The number of aryl methyl sites for hydroxylation is 1. The van der Waals surface area contributed by atoms with Crippen molar-refractivity contribution in [3.8, 4) is 0 Å². The molecule has 0 bridgehead atoms. The van der Waals surface area contributed by atoms with Crippen molar-refractivity contribution >= 4 is 11.3 Å². The van der Waals surface area contributed by atoms with E-state index in [2.05, 4.69) is 37.0 Å². The highest BCUT2D eigenvalue weighted by Crippen LogP contribution is 2.03. The van der Waals surface area contributed by atoms with E-state index in [-0.39, 0.29) is 0 Å². The highest BCUT2D eigenvalue weighted by atomic mass is 32.1. The lowest BCUT2D eigenvalue weighted by atomic mass is 10.4. The number of rotatable bonds is 1. The van der Waals surface area contributed by atoms with Crippen LogP contribution in [0.3, 0.4) is 0 Å². The maximum Gasteiger partial charge on any atom is 0.225 e. The Labute approximate surface area is 60.0 Å². The third-order valence-electron chi connectivity index (χ3n) is 1.29. The fourth-order valence-electron chi connectivity index (χ4n) is 0.686. The minimum atomic E-state index is 0.606. The van der Waals surface area contributed by atoms with Crippen LogP contribution in [-0.2, 0) is 0 Å². The summed E-state index contributed by atoms with van der Waals surface area (Å²) in [5, 5.41) is 0. The molecule has 2 heteroatoms. The first-order valence-corrected chi connectivity index (χ1v) is 4.04. The van der Waals surface area contributed by atoms with E-state index in [1.165, 1.54) is 4.88 Å². The van der Waals surface area contributed by atoms with Crippen molar-refractivity contribution in [2.75, 3.05) is 0 Å². The van der Waals surface area contributed by atoms with Gasteiger partial charge in [-0.25, -0.2) is 0 Å². The Hall–Kier alpha value is -0.370. The van der Waals surface area contributed by atoms with Crippen LogP contribution in [0.25, 0.3) is 0 Å². The molecule has 1 nitrogen and oxygen atoms in total. The summed E-state index contributed by atoms with van der Waals surface area (Å²) >= 11 is 1.80. The van der Waals surface area contributed by atoms with Crippen molar-refractivity contribution in [3.63, 3.8) is 0 Å². The minimum Gasteiger partial charge on any atom is -0.193 e. The van der Waals surface area contributed by atoms with Crippen molar-refractivity contribution < 1.29 is 4.57 Å². The minimum absolute atomic E-state index is 0.606. The molecule has 1 aromatic rings. The van der Waals surface area contributed by atoms with Crippen molar-refractivity contribution in [1.29, 1.82) is 0 Å². The lowest BCUT2D eigenvalue weighted by molar-refractivity contribution is -0.711. The van der Waals surface area contributed by atoms with Gasteiger partial charge >= 0.3 is 0 Å². The second-order valence-corrected chi connectivity index (χ2v) is 3.59. The molecule has 0 aromatic carbocycles. The monoisotopic (exact) mass is 142 g/mol. The Morgan fingerprint density at radius 1 is 1.56 bits per heavy atom. The van der Waals surface area contributed by atoms with Gasteiger partial charge in [-0.05, 0) is 20.8 Å². The standard InChI is InChI=1S/C7H12NS/c1-6(2)8-4-7(3)9-5-8/h4-6H,1-3H3/q+1. The van der Waals surface area contributed by atoms with Crippen molar-refractivity contribution in [1.82, 2.24) is 0 Å².